The molecule has 4 aromatic rings. The molecule has 0 aliphatic carbocycles. The Hall–Kier alpha value is -2.59. The zero-order valence-corrected chi connectivity index (χ0v) is 16.4. The highest BCUT2D eigenvalue weighted by Crippen LogP contribution is 2.34. The summed E-state index contributed by atoms with van der Waals surface area (Å²) in [4.78, 5) is 4.46. The van der Waals surface area contributed by atoms with Crippen LogP contribution < -0.4 is 5.32 Å². The monoisotopic (exact) mass is 405 g/mol. The molecular weight excluding hydrogens is 386 g/mol. The number of aromatic nitrogens is 2. The lowest BCUT2D eigenvalue weighted by atomic mass is 9.97. The van der Waals surface area contributed by atoms with Crippen LogP contribution in [0.15, 0.2) is 77.5 Å². The van der Waals surface area contributed by atoms with Gasteiger partial charge in [-0.25, -0.2) is 4.98 Å². The van der Waals surface area contributed by atoms with Gasteiger partial charge in [0.15, 0.2) is 0 Å². The van der Waals surface area contributed by atoms with E-state index in [-0.39, 0.29) is 6.04 Å². The predicted octanol–water partition coefficient (Wildman–Crippen LogP) is 5.85. The number of halogens is 1. The van der Waals surface area contributed by atoms with Crippen molar-refractivity contribution < 1.29 is 0 Å². The highest BCUT2D eigenvalue weighted by Gasteiger charge is 2.20. The lowest BCUT2D eigenvalue weighted by Crippen LogP contribution is -2.13. The van der Waals surface area contributed by atoms with E-state index in [9.17, 15) is 0 Å². The van der Waals surface area contributed by atoms with E-state index < -0.39 is 0 Å². The number of benzene rings is 2. The third-order valence-electron chi connectivity index (χ3n) is 4.66. The summed E-state index contributed by atoms with van der Waals surface area (Å²) in [7, 11) is 2.09. The molecule has 1 atom stereocenters. The summed E-state index contributed by atoms with van der Waals surface area (Å²) >= 11 is 3.62. The molecule has 0 radical (unpaired) electrons. The lowest BCUT2D eigenvalue weighted by Gasteiger charge is -2.20. The van der Waals surface area contributed by atoms with Crippen molar-refractivity contribution in [2.75, 3.05) is 5.32 Å². The summed E-state index contributed by atoms with van der Waals surface area (Å²) in [6.07, 6.45) is 4.02. The van der Waals surface area contributed by atoms with Crippen LogP contribution in [-0.2, 0) is 7.05 Å². The normalized spacial score (nSPS) is 12.3. The Balaban J connectivity index is 1.87. The molecule has 0 bridgehead atoms. The molecule has 0 aliphatic rings. The van der Waals surface area contributed by atoms with Gasteiger partial charge in [-0.1, -0.05) is 51.8 Å². The molecule has 4 rings (SSSR count). The Morgan fingerprint density at radius 1 is 1.04 bits per heavy atom. The quantitative estimate of drug-likeness (QED) is 0.461. The maximum Gasteiger partial charge on any atom is 0.126 e. The number of aryl methyl sites for hydroxylation is 2. The first-order valence-corrected chi connectivity index (χ1v) is 9.40. The zero-order chi connectivity index (χ0) is 18.1. The van der Waals surface area contributed by atoms with E-state index in [1.54, 1.807) is 0 Å². The Bertz CT molecular complexity index is 1040. The first-order chi connectivity index (χ1) is 12.6. The van der Waals surface area contributed by atoms with Crippen LogP contribution in [0.25, 0.3) is 10.9 Å². The minimum atomic E-state index is 0.0171. The number of hydrogen-bond acceptors (Lipinski definition) is 2. The van der Waals surface area contributed by atoms with Crippen molar-refractivity contribution in [3.05, 3.63) is 94.2 Å². The van der Waals surface area contributed by atoms with Crippen LogP contribution in [0.2, 0.25) is 0 Å². The van der Waals surface area contributed by atoms with Crippen molar-refractivity contribution in [1.82, 2.24) is 9.55 Å². The van der Waals surface area contributed by atoms with E-state index in [4.69, 9.17) is 0 Å². The molecule has 4 heteroatoms. The third-order valence-corrected chi connectivity index (χ3v) is 5.15. The van der Waals surface area contributed by atoms with Gasteiger partial charge in [0, 0.05) is 40.4 Å². The van der Waals surface area contributed by atoms with E-state index >= 15 is 0 Å². The van der Waals surface area contributed by atoms with Crippen molar-refractivity contribution in [2.24, 2.45) is 7.05 Å². The van der Waals surface area contributed by atoms with E-state index in [0.29, 0.717) is 0 Å². The van der Waals surface area contributed by atoms with Crippen LogP contribution in [0.3, 0.4) is 0 Å². The molecule has 1 N–H and O–H groups in total. The fourth-order valence-corrected chi connectivity index (χ4v) is 3.68. The van der Waals surface area contributed by atoms with Gasteiger partial charge in [0.05, 0.1) is 6.04 Å². The molecule has 130 valence electrons. The third kappa shape index (κ3) is 3.25. The van der Waals surface area contributed by atoms with Crippen LogP contribution in [-0.4, -0.2) is 9.55 Å². The Kier molecular flexibility index (Phi) is 4.51. The molecule has 0 fully saturated rings. The van der Waals surface area contributed by atoms with Gasteiger partial charge in [-0.3, -0.25) is 0 Å². The van der Waals surface area contributed by atoms with Crippen molar-refractivity contribution in [2.45, 2.75) is 13.0 Å². The number of hydrogen-bond donors (Lipinski definition) is 1. The van der Waals surface area contributed by atoms with Crippen molar-refractivity contribution in [1.29, 1.82) is 0 Å². The fourth-order valence-electron chi connectivity index (χ4n) is 3.32. The molecule has 0 saturated heterocycles. The molecule has 2 aromatic carbocycles. The summed E-state index contributed by atoms with van der Waals surface area (Å²) in [6, 6.07) is 21.1. The Labute approximate surface area is 161 Å². The van der Waals surface area contributed by atoms with Gasteiger partial charge in [0.25, 0.3) is 0 Å². The molecule has 26 heavy (non-hydrogen) atoms. The average Bonchev–Trinajstić information content (AvgIpc) is 2.97. The van der Waals surface area contributed by atoms with Gasteiger partial charge < -0.3 is 9.88 Å². The van der Waals surface area contributed by atoms with Gasteiger partial charge in [0.1, 0.15) is 5.82 Å². The SMILES string of the molecule is Cc1ccc(C(Nc2ccccn2)c2cn(C)c3ccc(Br)cc23)cc1. The standard InChI is InChI=1S/C22H20BrN3/c1-15-6-8-16(9-7-15)22(25-21-5-3-4-12-24-21)19-14-26(2)20-11-10-17(23)13-18(19)20/h3-14,22H,1-2H3,(H,24,25). The number of rotatable bonds is 4. The first-order valence-electron chi connectivity index (χ1n) is 8.60. The van der Waals surface area contributed by atoms with Crippen LogP contribution in [0, 0.1) is 6.92 Å². The van der Waals surface area contributed by atoms with Gasteiger partial charge >= 0.3 is 0 Å². The van der Waals surface area contributed by atoms with Crippen molar-refractivity contribution >= 4 is 32.7 Å². The largest absolute Gasteiger partial charge is 0.359 e. The maximum atomic E-state index is 4.46. The van der Waals surface area contributed by atoms with E-state index in [2.05, 4.69) is 93.4 Å². The van der Waals surface area contributed by atoms with E-state index in [1.165, 1.54) is 27.6 Å². The zero-order valence-electron chi connectivity index (χ0n) is 14.8. The molecule has 0 aliphatic heterocycles. The summed E-state index contributed by atoms with van der Waals surface area (Å²) < 4.78 is 3.26. The minimum absolute atomic E-state index is 0.0171. The number of pyridine rings is 1. The molecule has 2 aromatic heterocycles. The molecular formula is C22H20BrN3. The summed E-state index contributed by atoms with van der Waals surface area (Å²) in [6.45, 7) is 2.11. The second-order valence-electron chi connectivity index (χ2n) is 6.56. The molecule has 3 nitrogen and oxygen atoms in total. The Morgan fingerprint density at radius 2 is 1.85 bits per heavy atom. The first kappa shape index (κ1) is 16.9. The number of fused-ring (bicyclic) bond motifs is 1. The second kappa shape index (κ2) is 6.96. The molecule has 0 saturated carbocycles. The van der Waals surface area contributed by atoms with Crippen LogP contribution >= 0.6 is 15.9 Å². The predicted molar refractivity (Wildman–Crippen MR) is 112 cm³/mol. The van der Waals surface area contributed by atoms with Crippen molar-refractivity contribution in [3.8, 4) is 0 Å². The molecule has 2 heterocycles. The van der Waals surface area contributed by atoms with Gasteiger partial charge in [-0.15, -0.1) is 0 Å². The second-order valence-corrected chi connectivity index (χ2v) is 7.48. The molecule has 1 unspecified atom stereocenters. The smallest absolute Gasteiger partial charge is 0.126 e. The average molecular weight is 406 g/mol. The number of anilines is 1. The van der Waals surface area contributed by atoms with Gasteiger partial charge in [-0.2, -0.15) is 0 Å². The summed E-state index contributed by atoms with van der Waals surface area (Å²) in [5, 5.41) is 4.85. The topological polar surface area (TPSA) is 29.9 Å². The van der Waals surface area contributed by atoms with E-state index in [1.807, 2.05) is 24.4 Å². The van der Waals surface area contributed by atoms with Crippen LogP contribution in [0.4, 0.5) is 5.82 Å². The van der Waals surface area contributed by atoms with Crippen molar-refractivity contribution in [3.63, 3.8) is 0 Å². The number of nitrogens with zero attached hydrogens (tertiary/aromatic N) is 2. The van der Waals surface area contributed by atoms with Crippen LogP contribution in [0.5, 0.6) is 0 Å². The van der Waals surface area contributed by atoms with E-state index in [0.717, 1.165) is 10.3 Å². The minimum Gasteiger partial charge on any atom is -0.359 e. The fraction of sp³-hybridized carbons (Fsp3) is 0.136. The summed E-state index contributed by atoms with van der Waals surface area (Å²) in [5.74, 6) is 0.866. The van der Waals surface area contributed by atoms with Gasteiger partial charge in [0.2, 0.25) is 0 Å². The Morgan fingerprint density at radius 3 is 2.58 bits per heavy atom. The van der Waals surface area contributed by atoms with Gasteiger partial charge in [-0.05, 0) is 42.8 Å². The highest BCUT2D eigenvalue weighted by atomic mass is 79.9. The number of nitrogens with one attached hydrogen (secondary N) is 1. The maximum absolute atomic E-state index is 4.46. The molecule has 0 amide bonds. The highest BCUT2D eigenvalue weighted by molar-refractivity contribution is 9.10. The van der Waals surface area contributed by atoms with Crippen LogP contribution in [0.1, 0.15) is 22.7 Å². The molecule has 0 spiro atoms. The lowest BCUT2D eigenvalue weighted by molar-refractivity contribution is 0.902. The summed E-state index contributed by atoms with van der Waals surface area (Å²) in [5.41, 5.74) is 4.92.